The minimum atomic E-state index is 0.00875. The zero-order chi connectivity index (χ0) is 12.8. The molecule has 0 aliphatic heterocycles. The van der Waals surface area contributed by atoms with Crippen molar-refractivity contribution in [1.29, 1.82) is 0 Å². The van der Waals surface area contributed by atoms with Gasteiger partial charge < -0.3 is 10.5 Å². The van der Waals surface area contributed by atoms with Crippen molar-refractivity contribution in [3.05, 3.63) is 35.4 Å². The molecular formula is C16H25NO. The Labute approximate surface area is 111 Å². The minimum Gasteiger partial charge on any atom is -0.376 e. The summed E-state index contributed by atoms with van der Waals surface area (Å²) in [4.78, 5) is 0. The third-order valence-electron chi connectivity index (χ3n) is 3.90. The van der Waals surface area contributed by atoms with Crippen LogP contribution in [0.4, 0.5) is 0 Å². The third kappa shape index (κ3) is 3.82. The van der Waals surface area contributed by atoms with E-state index >= 15 is 0 Å². The summed E-state index contributed by atoms with van der Waals surface area (Å²) in [7, 11) is 0. The van der Waals surface area contributed by atoms with Gasteiger partial charge in [-0.1, -0.05) is 49.9 Å². The van der Waals surface area contributed by atoms with E-state index in [-0.39, 0.29) is 6.04 Å². The van der Waals surface area contributed by atoms with Gasteiger partial charge in [-0.15, -0.1) is 0 Å². The molecule has 1 unspecified atom stereocenters. The standard InChI is InChI=1S/C16H25NO/c1-13-8-6-7-11-15(13)16(17)12-18-14-9-4-2-3-5-10-14/h6-8,11,14,16H,2-5,9-10,12,17H2,1H3. The molecular weight excluding hydrogens is 222 g/mol. The van der Waals surface area contributed by atoms with Gasteiger partial charge in [0, 0.05) is 0 Å². The van der Waals surface area contributed by atoms with Crippen LogP contribution in [-0.2, 0) is 4.74 Å². The van der Waals surface area contributed by atoms with Crippen molar-refractivity contribution < 1.29 is 4.74 Å². The average molecular weight is 247 g/mol. The van der Waals surface area contributed by atoms with Crippen molar-refractivity contribution in [1.82, 2.24) is 0 Å². The third-order valence-corrected chi connectivity index (χ3v) is 3.90. The smallest absolute Gasteiger partial charge is 0.0663 e. The number of hydrogen-bond donors (Lipinski definition) is 1. The molecule has 1 fully saturated rings. The van der Waals surface area contributed by atoms with Crippen molar-refractivity contribution in [3.63, 3.8) is 0 Å². The Morgan fingerprint density at radius 1 is 1.17 bits per heavy atom. The fourth-order valence-corrected chi connectivity index (χ4v) is 2.74. The van der Waals surface area contributed by atoms with E-state index < -0.39 is 0 Å². The molecule has 0 radical (unpaired) electrons. The number of ether oxygens (including phenoxy) is 1. The van der Waals surface area contributed by atoms with Crippen LogP contribution in [-0.4, -0.2) is 12.7 Å². The molecule has 1 aromatic carbocycles. The van der Waals surface area contributed by atoms with Gasteiger partial charge in [-0.3, -0.25) is 0 Å². The summed E-state index contributed by atoms with van der Waals surface area (Å²) in [5.41, 5.74) is 8.70. The number of rotatable bonds is 4. The van der Waals surface area contributed by atoms with Crippen molar-refractivity contribution in [2.24, 2.45) is 5.73 Å². The molecule has 2 N–H and O–H groups in total. The van der Waals surface area contributed by atoms with Crippen LogP contribution in [0.25, 0.3) is 0 Å². The lowest BCUT2D eigenvalue weighted by atomic mass is 10.0. The molecule has 1 aliphatic rings. The number of benzene rings is 1. The molecule has 1 atom stereocenters. The van der Waals surface area contributed by atoms with Crippen LogP contribution in [0, 0.1) is 6.92 Å². The topological polar surface area (TPSA) is 35.2 Å². The highest BCUT2D eigenvalue weighted by atomic mass is 16.5. The summed E-state index contributed by atoms with van der Waals surface area (Å²) in [6.07, 6.45) is 8.20. The fourth-order valence-electron chi connectivity index (χ4n) is 2.74. The van der Waals surface area contributed by atoms with E-state index in [1.54, 1.807) is 0 Å². The van der Waals surface area contributed by atoms with Crippen LogP contribution >= 0.6 is 0 Å². The first-order valence-electron chi connectivity index (χ1n) is 7.20. The zero-order valence-electron chi connectivity index (χ0n) is 11.4. The maximum atomic E-state index is 6.23. The lowest BCUT2D eigenvalue weighted by Gasteiger charge is -2.20. The second kappa shape index (κ2) is 6.91. The first kappa shape index (κ1) is 13.6. The van der Waals surface area contributed by atoms with E-state index in [1.165, 1.54) is 49.7 Å². The molecule has 1 saturated carbocycles. The number of nitrogens with two attached hydrogens (primary N) is 1. The maximum absolute atomic E-state index is 6.23. The Morgan fingerprint density at radius 3 is 2.50 bits per heavy atom. The second-order valence-electron chi connectivity index (χ2n) is 5.41. The molecule has 1 aromatic rings. The van der Waals surface area contributed by atoms with Gasteiger partial charge in [-0.05, 0) is 30.9 Å². The van der Waals surface area contributed by atoms with E-state index in [1.807, 2.05) is 6.07 Å². The van der Waals surface area contributed by atoms with E-state index in [0.29, 0.717) is 12.7 Å². The highest BCUT2D eigenvalue weighted by molar-refractivity contribution is 5.28. The Hall–Kier alpha value is -0.860. The molecule has 2 rings (SSSR count). The van der Waals surface area contributed by atoms with Crippen LogP contribution in [0.3, 0.4) is 0 Å². The quantitative estimate of drug-likeness (QED) is 0.823. The molecule has 0 spiro atoms. The first-order valence-corrected chi connectivity index (χ1v) is 7.20. The largest absolute Gasteiger partial charge is 0.376 e. The Bertz CT molecular complexity index is 356. The van der Waals surface area contributed by atoms with Crippen molar-refractivity contribution in [3.8, 4) is 0 Å². The molecule has 0 amide bonds. The summed E-state index contributed by atoms with van der Waals surface area (Å²) >= 11 is 0. The van der Waals surface area contributed by atoms with Gasteiger partial charge in [-0.2, -0.15) is 0 Å². The zero-order valence-corrected chi connectivity index (χ0v) is 11.4. The van der Waals surface area contributed by atoms with Crippen LogP contribution in [0.1, 0.15) is 55.7 Å². The molecule has 0 aromatic heterocycles. The van der Waals surface area contributed by atoms with Crippen LogP contribution < -0.4 is 5.73 Å². The van der Waals surface area contributed by atoms with Crippen molar-refractivity contribution in [2.75, 3.05) is 6.61 Å². The molecule has 18 heavy (non-hydrogen) atoms. The summed E-state index contributed by atoms with van der Waals surface area (Å²) in [5.74, 6) is 0. The highest BCUT2D eigenvalue weighted by Crippen LogP contribution is 2.22. The molecule has 100 valence electrons. The average Bonchev–Trinajstić information content (AvgIpc) is 2.65. The Morgan fingerprint density at radius 2 is 1.83 bits per heavy atom. The molecule has 0 heterocycles. The van der Waals surface area contributed by atoms with Crippen LogP contribution in [0.2, 0.25) is 0 Å². The summed E-state index contributed by atoms with van der Waals surface area (Å²) in [6.45, 7) is 2.76. The maximum Gasteiger partial charge on any atom is 0.0663 e. The predicted octanol–water partition coefficient (Wildman–Crippen LogP) is 3.73. The van der Waals surface area contributed by atoms with E-state index in [2.05, 4.69) is 25.1 Å². The molecule has 0 bridgehead atoms. The van der Waals surface area contributed by atoms with Crippen molar-refractivity contribution >= 4 is 0 Å². The van der Waals surface area contributed by atoms with Crippen molar-refractivity contribution in [2.45, 2.75) is 57.6 Å². The normalized spacial score (nSPS) is 19.4. The Kier molecular flexibility index (Phi) is 5.21. The monoisotopic (exact) mass is 247 g/mol. The van der Waals surface area contributed by atoms with E-state index in [0.717, 1.165) is 0 Å². The first-order chi connectivity index (χ1) is 8.77. The predicted molar refractivity (Wildman–Crippen MR) is 75.5 cm³/mol. The SMILES string of the molecule is Cc1ccccc1C(N)COC1CCCCCC1. The number of aryl methyl sites for hydroxylation is 1. The Balaban J connectivity index is 1.84. The van der Waals surface area contributed by atoms with Crippen LogP contribution in [0.5, 0.6) is 0 Å². The molecule has 2 heteroatoms. The van der Waals surface area contributed by atoms with Crippen LogP contribution in [0.15, 0.2) is 24.3 Å². The van der Waals surface area contributed by atoms with Gasteiger partial charge in [0.2, 0.25) is 0 Å². The van der Waals surface area contributed by atoms with Gasteiger partial charge >= 0.3 is 0 Å². The summed E-state index contributed by atoms with van der Waals surface area (Å²) in [6, 6.07) is 8.33. The van der Waals surface area contributed by atoms with Gasteiger partial charge in [0.15, 0.2) is 0 Å². The van der Waals surface area contributed by atoms with E-state index in [9.17, 15) is 0 Å². The van der Waals surface area contributed by atoms with Gasteiger partial charge in [0.05, 0.1) is 18.8 Å². The second-order valence-corrected chi connectivity index (χ2v) is 5.41. The molecule has 2 nitrogen and oxygen atoms in total. The highest BCUT2D eigenvalue weighted by Gasteiger charge is 2.15. The van der Waals surface area contributed by atoms with E-state index in [4.69, 9.17) is 10.5 Å². The fraction of sp³-hybridized carbons (Fsp3) is 0.625. The van der Waals surface area contributed by atoms with Gasteiger partial charge in [0.25, 0.3) is 0 Å². The summed E-state index contributed by atoms with van der Waals surface area (Å²) in [5, 5.41) is 0. The summed E-state index contributed by atoms with van der Waals surface area (Å²) < 4.78 is 6.01. The lowest BCUT2D eigenvalue weighted by Crippen LogP contribution is -2.22. The molecule has 0 saturated heterocycles. The minimum absolute atomic E-state index is 0.00875. The molecule has 1 aliphatic carbocycles. The van der Waals surface area contributed by atoms with Gasteiger partial charge in [0.1, 0.15) is 0 Å². The lowest BCUT2D eigenvalue weighted by molar-refractivity contribution is 0.0344. The van der Waals surface area contributed by atoms with Gasteiger partial charge in [-0.25, -0.2) is 0 Å². The number of hydrogen-bond acceptors (Lipinski definition) is 2.